The number of alkyl halides is 1. The number of nitrogens with zero attached hydrogens (tertiary/aromatic N) is 2. The van der Waals surface area contributed by atoms with Gasteiger partial charge < -0.3 is 19.2 Å². The second kappa shape index (κ2) is 12.3. The molecule has 3 rings (SSSR count). The Balaban J connectivity index is 1.61. The largest absolute Gasteiger partial charge is 0.419 e. The molecule has 1 aromatic rings. The number of ether oxygens (including phenoxy) is 2. The van der Waals surface area contributed by atoms with Crippen LogP contribution in [0.15, 0.2) is 40.1 Å². The Morgan fingerprint density at radius 1 is 1.03 bits per heavy atom. The zero-order valence-corrected chi connectivity index (χ0v) is 18.7. The van der Waals surface area contributed by atoms with E-state index in [1.54, 1.807) is 0 Å². The minimum absolute atomic E-state index is 0.0506. The van der Waals surface area contributed by atoms with Crippen molar-refractivity contribution in [2.24, 2.45) is 4.99 Å². The fourth-order valence-electron chi connectivity index (χ4n) is 2.82. The van der Waals surface area contributed by atoms with Gasteiger partial charge in [-0.05, 0) is 0 Å². The van der Waals surface area contributed by atoms with E-state index in [4.69, 9.17) is 4.74 Å². The van der Waals surface area contributed by atoms with Crippen molar-refractivity contribution in [3.05, 3.63) is 64.2 Å². The van der Waals surface area contributed by atoms with Crippen LogP contribution in [0.2, 0.25) is 0 Å². The van der Waals surface area contributed by atoms with Crippen LogP contribution in [0, 0.1) is 29.1 Å². The monoisotopic (exact) mass is 563 g/mol. The SMILES string of the molecule is O=C(CN(/C=N\CNOC1=CC(F)/C(F)=C(/F)C/C(F)=C\1F)CC1CO1)Oc1c(F)c(F)c(F)c(F)c1F. The standard InChI is InChI=1S/C21H15F10N3O4/c22-9-1-10(23)15(26)12(2-11(24)14(9)25)38-33-6-32-7-34(3-8-5-36-8)4-13(35)37-21-19(30)17(28)16(27)18(29)20(21)31/h2,7-8,11,33H,1,3-6H2/b12-2?,14-9-,15-10-,32-7-. The summed E-state index contributed by atoms with van der Waals surface area (Å²) in [5.41, 5.74) is 1.95. The van der Waals surface area contributed by atoms with Gasteiger partial charge in [0, 0.05) is 12.6 Å². The van der Waals surface area contributed by atoms with E-state index in [1.807, 2.05) is 5.48 Å². The maximum absolute atomic E-state index is 14.0. The molecule has 0 aromatic heterocycles. The number of allylic oxidation sites excluding steroid dienone is 5. The summed E-state index contributed by atoms with van der Waals surface area (Å²) < 4.78 is 144. The molecule has 0 saturated carbocycles. The molecule has 0 amide bonds. The molecule has 0 spiro atoms. The molecule has 1 heterocycles. The number of carbonyl (C=O) groups excluding carboxylic acids is 1. The van der Waals surface area contributed by atoms with Gasteiger partial charge in [0.2, 0.25) is 34.8 Å². The summed E-state index contributed by atoms with van der Waals surface area (Å²) in [6.07, 6.45) is -3.61. The number of hydroxylamine groups is 1. The third kappa shape index (κ3) is 7.03. The van der Waals surface area contributed by atoms with Crippen LogP contribution >= 0.6 is 0 Å². The number of aliphatic imine (C=N–C) groups is 1. The molecule has 208 valence electrons. The Morgan fingerprint density at radius 3 is 2.24 bits per heavy atom. The number of halogens is 10. The van der Waals surface area contributed by atoms with Gasteiger partial charge in [-0.25, -0.2) is 35.5 Å². The van der Waals surface area contributed by atoms with Crippen LogP contribution in [0.4, 0.5) is 43.9 Å². The van der Waals surface area contributed by atoms with Crippen LogP contribution in [0.5, 0.6) is 5.75 Å². The first-order chi connectivity index (χ1) is 17.9. The fraction of sp³-hybridized carbons (Fsp3) is 0.333. The van der Waals surface area contributed by atoms with Gasteiger partial charge in [-0.2, -0.15) is 13.2 Å². The summed E-state index contributed by atoms with van der Waals surface area (Å²) in [7, 11) is 0. The van der Waals surface area contributed by atoms with Crippen LogP contribution in [0.25, 0.3) is 0 Å². The van der Waals surface area contributed by atoms with Gasteiger partial charge >= 0.3 is 5.97 Å². The maximum atomic E-state index is 14.0. The lowest BCUT2D eigenvalue weighted by atomic mass is 10.1. The van der Waals surface area contributed by atoms with Gasteiger partial charge in [-0.15, -0.1) is 5.48 Å². The second-order valence-electron chi connectivity index (χ2n) is 7.54. The summed E-state index contributed by atoms with van der Waals surface area (Å²) >= 11 is 0. The van der Waals surface area contributed by atoms with Crippen molar-refractivity contribution in [3.8, 4) is 5.75 Å². The predicted octanol–water partition coefficient (Wildman–Crippen LogP) is 4.42. The normalized spacial score (nSPS) is 23.7. The van der Waals surface area contributed by atoms with Gasteiger partial charge in [0.05, 0.1) is 25.5 Å². The Hall–Kier alpha value is -3.60. The van der Waals surface area contributed by atoms with Crippen molar-refractivity contribution in [1.29, 1.82) is 0 Å². The first-order valence-electron chi connectivity index (χ1n) is 10.3. The lowest BCUT2D eigenvalue weighted by Crippen LogP contribution is -2.35. The summed E-state index contributed by atoms with van der Waals surface area (Å²) in [4.78, 5) is 21.4. The lowest BCUT2D eigenvalue weighted by Gasteiger charge is -2.18. The van der Waals surface area contributed by atoms with E-state index >= 15 is 0 Å². The molecular weight excluding hydrogens is 548 g/mol. The quantitative estimate of drug-likeness (QED) is 0.0434. The number of hydrogen-bond acceptors (Lipinski definition) is 6. The molecule has 2 aliphatic rings. The van der Waals surface area contributed by atoms with Crippen LogP contribution in [0.3, 0.4) is 0 Å². The molecule has 38 heavy (non-hydrogen) atoms. The topological polar surface area (TPSA) is 75.7 Å². The van der Waals surface area contributed by atoms with Gasteiger partial charge in [-0.1, -0.05) is 0 Å². The maximum Gasteiger partial charge on any atom is 0.331 e. The minimum atomic E-state index is -2.77. The number of carbonyl (C=O) groups is 1. The smallest absolute Gasteiger partial charge is 0.331 e. The highest BCUT2D eigenvalue weighted by Crippen LogP contribution is 2.32. The molecule has 0 radical (unpaired) electrons. The zero-order chi connectivity index (χ0) is 28.1. The summed E-state index contributed by atoms with van der Waals surface area (Å²) in [5, 5.41) is 0. The Labute approximate surface area is 206 Å². The number of esters is 1. The molecule has 1 aliphatic carbocycles. The molecule has 17 heteroatoms. The molecule has 0 bridgehead atoms. The van der Waals surface area contributed by atoms with Gasteiger partial charge in [0.25, 0.3) is 0 Å². The second-order valence-corrected chi connectivity index (χ2v) is 7.54. The van der Waals surface area contributed by atoms with E-state index in [0.29, 0.717) is 0 Å². The predicted molar refractivity (Wildman–Crippen MR) is 107 cm³/mol. The molecule has 1 saturated heterocycles. The molecule has 1 N–H and O–H groups in total. The average molecular weight is 563 g/mol. The van der Waals surface area contributed by atoms with E-state index in [0.717, 1.165) is 11.2 Å². The number of epoxide rings is 1. The highest BCUT2D eigenvalue weighted by atomic mass is 19.2. The summed E-state index contributed by atoms with van der Waals surface area (Å²) in [5.74, 6) is -23.6. The number of benzene rings is 1. The minimum Gasteiger partial charge on any atom is -0.419 e. The van der Waals surface area contributed by atoms with E-state index in [2.05, 4.69) is 14.6 Å². The summed E-state index contributed by atoms with van der Waals surface area (Å²) in [6, 6.07) is 0. The molecule has 1 aliphatic heterocycles. The molecule has 2 unspecified atom stereocenters. The van der Waals surface area contributed by atoms with Crippen LogP contribution in [0.1, 0.15) is 6.42 Å². The third-order valence-corrected chi connectivity index (χ3v) is 4.70. The Kier molecular flexibility index (Phi) is 9.37. The third-order valence-electron chi connectivity index (χ3n) is 4.70. The fourth-order valence-corrected chi connectivity index (χ4v) is 2.82. The average Bonchev–Trinajstić information content (AvgIpc) is 3.70. The van der Waals surface area contributed by atoms with Gasteiger partial charge in [0.15, 0.2) is 23.6 Å². The van der Waals surface area contributed by atoms with Crippen molar-refractivity contribution >= 4 is 12.3 Å². The van der Waals surface area contributed by atoms with E-state index < -0.39 is 102 Å². The number of rotatable bonds is 10. The Morgan fingerprint density at radius 2 is 1.63 bits per heavy atom. The van der Waals surface area contributed by atoms with E-state index in [9.17, 15) is 48.7 Å². The van der Waals surface area contributed by atoms with E-state index in [-0.39, 0.29) is 19.2 Å². The van der Waals surface area contributed by atoms with Crippen LogP contribution < -0.4 is 10.2 Å². The van der Waals surface area contributed by atoms with Gasteiger partial charge in [0.1, 0.15) is 24.9 Å². The van der Waals surface area contributed by atoms with Crippen molar-refractivity contribution in [2.75, 3.05) is 26.4 Å². The van der Waals surface area contributed by atoms with Gasteiger partial charge in [-0.3, -0.25) is 4.99 Å². The number of hydrogen-bond donors (Lipinski definition) is 1. The zero-order valence-electron chi connectivity index (χ0n) is 18.7. The van der Waals surface area contributed by atoms with Crippen molar-refractivity contribution in [2.45, 2.75) is 18.7 Å². The highest BCUT2D eigenvalue weighted by Gasteiger charge is 2.30. The van der Waals surface area contributed by atoms with Crippen molar-refractivity contribution in [1.82, 2.24) is 10.4 Å². The molecule has 1 fully saturated rings. The first kappa shape index (κ1) is 29.0. The lowest BCUT2D eigenvalue weighted by molar-refractivity contribution is -0.135. The van der Waals surface area contributed by atoms with Crippen LogP contribution in [-0.2, 0) is 14.4 Å². The van der Waals surface area contributed by atoms with Crippen molar-refractivity contribution in [3.63, 3.8) is 0 Å². The van der Waals surface area contributed by atoms with Crippen LogP contribution in [-0.4, -0.2) is 55.8 Å². The highest BCUT2D eigenvalue weighted by molar-refractivity contribution is 5.77. The number of nitrogens with one attached hydrogen (secondary N) is 1. The molecule has 7 nitrogen and oxygen atoms in total. The molecule has 1 aromatic carbocycles. The van der Waals surface area contributed by atoms with Crippen molar-refractivity contribution < 1.29 is 63.0 Å². The Bertz CT molecular complexity index is 1190. The summed E-state index contributed by atoms with van der Waals surface area (Å²) in [6.45, 7) is -1.20. The molecule has 2 atom stereocenters. The first-order valence-corrected chi connectivity index (χ1v) is 10.3. The van der Waals surface area contributed by atoms with E-state index in [1.165, 1.54) is 0 Å². The molecular formula is C21H15F10N3O4.